The highest BCUT2D eigenvalue weighted by Gasteiger charge is 2.12. The average Bonchev–Trinajstić information content (AvgIpc) is 2.47. The molecule has 0 atom stereocenters. The maximum atomic E-state index is 11.9. The number of ketones is 1. The standard InChI is InChI=1S/C17H18ClNO2/c1-12-8-14(16(20)10-19-2)9-15(18)17(12)21-11-13-6-4-3-5-7-13/h3-9,19H,10-11H2,1-2H3. The third-order valence-corrected chi connectivity index (χ3v) is 3.40. The van der Waals surface area contributed by atoms with E-state index in [9.17, 15) is 4.79 Å². The molecule has 0 aliphatic heterocycles. The van der Waals surface area contributed by atoms with E-state index in [1.165, 1.54) is 0 Å². The van der Waals surface area contributed by atoms with Crippen LogP contribution in [-0.2, 0) is 6.61 Å². The first kappa shape index (κ1) is 15.5. The highest BCUT2D eigenvalue weighted by Crippen LogP contribution is 2.30. The molecule has 2 aromatic rings. The van der Waals surface area contributed by atoms with Gasteiger partial charge >= 0.3 is 0 Å². The Morgan fingerprint density at radius 3 is 2.57 bits per heavy atom. The molecule has 3 nitrogen and oxygen atoms in total. The zero-order valence-corrected chi connectivity index (χ0v) is 12.9. The van der Waals surface area contributed by atoms with Crippen molar-refractivity contribution in [2.24, 2.45) is 0 Å². The van der Waals surface area contributed by atoms with Gasteiger partial charge < -0.3 is 10.1 Å². The number of hydrogen-bond donors (Lipinski definition) is 1. The molecule has 0 heterocycles. The first-order valence-corrected chi connectivity index (χ1v) is 7.14. The number of rotatable bonds is 6. The Balaban J connectivity index is 2.15. The summed E-state index contributed by atoms with van der Waals surface area (Å²) in [6.07, 6.45) is 0. The molecule has 2 aromatic carbocycles. The van der Waals surface area contributed by atoms with E-state index in [0.29, 0.717) is 29.5 Å². The SMILES string of the molecule is CNCC(=O)c1cc(C)c(OCc2ccccc2)c(Cl)c1. The Hall–Kier alpha value is -1.84. The molecule has 1 N–H and O–H groups in total. The fourth-order valence-electron chi connectivity index (χ4n) is 2.07. The Morgan fingerprint density at radius 1 is 1.24 bits per heavy atom. The molecular weight excluding hydrogens is 286 g/mol. The molecule has 0 aliphatic rings. The van der Waals surface area contributed by atoms with Gasteiger partial charge in [0, 0.05) is 5.56 Å². The summed E-state index contributed by atoms with van der Waals surface area (Å²) in [6, 6.07) is 13.4. The predicted octanol–water partition coefficient (Wildman–Crippen LogP) is 3.63. The number of likely N-dealkylation sites (N-methyl/N-ethyl adjacent to an activating group) is 1. The van der Waals surface area contributed by atoms with E-state index in [2.05, 4.69) is 5.32 Å². The van der Waals surface area contributed by atoms with Crippen molar-refractivity contribution in [2.45, 2.75) is 13.5 Å². The second kappa shape index (κ2) is 7.25. The summed E-state index contributed by atoms with van der Waals surface area (Å²) in [6.45, 7) is 2.63. The topological polar surface area (TPSA) is 38.3 Å². The van der Waals surface area contributed by atoms with Gasteiger partial charge in [0.15, 0.2) is 5.78 Å². The van der Waals surface area contributed by atoms with Gasteiger partial charge in [-0.05, 0) is 37.2 Å². The van der Waals surface area contributed by atoms with Crippen LogP contribution in [0.4, 0.5) is 0 Å². The van der Waals surface area contributed by atoms with Crippen molar-refractivity contribution in [3.8, 4) is 5.75 Å². The molecule has 0 saturated carbocycles. The number of ether oxygens (including phenoxy) is 1. The zero-order chi connectivity index (χ0) is 15.2. The molecule has 0 spiro atoms. The fraction of sp³-hybridized carbons (Fsp3) is 0.235. The molecular formula is C17H18ClNO2. The minimum atomic E-state index is 0.0112. The Labute approximate surface area is 129 Å². The van der Waals surface area contributed by atoms with Crippen molar-refractivity contribution in [3.63, 3.8) is 0 Å². The van der Waals surface area contributed by atoms with Crippen molar-refractivity contribution in [3.05, 3.63) is 64.2 Å². The number of carbonyl (C=O) groups excluding carboxylic acids is 1. The molecule has 2 rings (SSSR count). The summed E-state index contributed by atoms with van der Waals surface area (Å²) in [4.78, 5) is 11.9. The fourth-order valence-corrected chi connectivity index (χ4v) is 2.39. The lowest BCUT2D eigenvalue weighted by atomic mass is 10.1. The maximum Gasteiger partial charge on any atom is 0.176 e. The van der Waals surface area contributed by atoms with E-state index in [-0.39, 0.29) is 5.78 Å². The highest BCUT2D eigenvalue weighted by atomic mass is 35.5. The number of Topliss-reactive ketones (excluding diaryl/α,β-unsaturated/α-hetero) is 1. The van der Waals surface area contributed by atoms with Crippen LogP contribution in [0, 0.1) is 6.92 Å². The van der Waals surface area contributed by atoms with E-state index in [1.807, 2.05) is 43.3 Å². The molecule has 0 unspecified atom stereocenters. The van der Waals surface area contributed by atoms with Crippen molar-refractivity contribution in [1.82, 2.24) is 5.32 Å². The van der Waals surface area contributed by atoms with Crippen LogP contribution in [-0.4, -0.2) is 19.4 Å². The first-order valence-electron chi connectivity index (χ1n) is 6.76. The van der Waals surface area contributed by atoms with Crippen LogP contribution in [0.2, 0.25) is 5.02 Å². The second-order valence-electron chi connectivity index (χ2n) is 4.83. The van der Waals surface area contributed by atoms with Gasteiger partial charge in [-0.3, -0.25) is 4.79 Å². The third kappa shape index (κ3) is 4.06. The van der Waals surface area contributed by atoms with Gasteiger partial charge in [-0.15, -0.1) is 0 Å². The number of benzene rings is 2. The summed E-state index contributed by atoms with van der Waals surface area (Å²) in [5.74, 6) is 0.638. The van der Waals surface area contributed by atoms with Gasteiger partial charge in [0.25, 0.3) is 0 Å². The highest BCUT2D eigenvalue weighted by molar-refractivity contribution is 6.32. The van der Waals surface area contributed by atoms with Crippen LogP contribution in [0.25, 0.3) is 0 Å². The maximum absolute atomic E-state index is 11.9. The molecule has 0 aliphatic carbocycles. The van der Waals surface area contributed by atoms with Gasteiger partial charge in [-0.2, -0.15) is 0 Å². The van der Waals surface area contributed by atoms with Crippen molar-refractivity contribution < 1.29 is 9.53 Å². The summed E-state index contributed by atoms with van der Waals surface area (Å²) >= 11 is 6.25. The Bertz CT molecular complexity index is 603. The Kier molecular flexibility index (Phi) is 5.37. The minimum Gasteiger partial charge on any atom is -0.487 e. The number of aryl methyl sites for hydroxylation is 1. The van der Waals surface area contributed by atoms with Crippen LogP contribution < -0.4 is 10.1 Å². The van der Waals surface area contributed by atoms with Crippen LogP contribution in [0.15, 0.2) is 42.5 Å². The molecule has 0 amide bonds. The van der Waals surface area contributed by atoms with Gasteiger partial charge in [0.2, 0.25) is 0 Å². The zero-order valence-electron chi connectivity index (χ0n) is 12.2. The molecule has 0 fully saturated rings. The van der Waals surface area contributed by atoms with Gasteiger partial charge in [0.05, 0.1) is 11.6 Å². The predicted molar refractivity (Wildman–Crippen MR) is 85.2 cm³/mol. The molecule has 21 heavy (non-hydrogen) atoms. The largest absolute Gasteiger partial charge is 0.487 e. The second-order valence-corrected chi connectivity index (χ2v) is 5.24. The van der Waals surface area contributed by atoms with E-state index in [4.69, 9.17) is 16.3 Å². The summed E-state index contributed by atoms with van der Waals surface area (Å²) in [5.41, 5.74) is 2.53. The van der Waals surface area contributed by atoms with E-state index >= 15 is 0 Å². The van der Waals surface area contributed by atoms with Gasteiger partial charge in [-0.25, -0.2) is 0 Å². The van der Waals surface area contributed by atoms with E-state index in [1.54, 1.807) is 13.1 Å². The smallest absolute Gasteiger partial charge is 0.176 e. The summed E-state index contributed by atoms with van der Waals surface area (Å²) < 4.78 is 5.79. The van der Waals surface area contributed by atoms with Gasteiger partial charge in [-0.1, -0.05) is 41.9 Å². The van der Waals surface area contributed by atoms with E-state index in [0.717, 1.165) is 11.1 Å². The van der Waals surface area contributed by atoms with Crippen molar-refractivity contribution in [1.29, 1.82) is 0 Å². The van der Waals surface area contributed by atoms with Crippen molar-refractivity contribution >= 4 is 17.4 Å². The number of carbonyl (C=O) groups is 1. The third-order valence-electron chi connectivity index (χ3n) is 3.11. The number of hydrogen-bond acceptors (Lipinski definition) is 3. The summed E-state index contributed by atoms with van der Waals surface area (Å²) in [5, 5.41) is 3.31. The molecule has 0 radical (unpaired) electrons. The average molecular weight is 304 g/mol. The van der Waals surface area contributed by atoms with E-state index < -0.39 is 0 Å². The van der Waals surface area contributed by atoms with Crippen LogP contribution in [0.1, 0.15) is 21.5 Å². The monoisotopic (exact) mass is 303 g/mol. The number of halogens is 1. The molecule has 0 aromatic heterocycles. The van der Waals surface area contributed by atoms with Crippen LogP contribution in [0.5, 0.6) is 5.75 Å². The summed E-state index contributed by atoms with van der Waals surface area (Å²) in [7, 11) is 1.74. The molecule has 110 valence electrons. The molecule has 4 heteroatoms. The quantitative estimate of drug-likeness (QED) is 0.828. The van der Waals surface area contributed by atoms with Crippen LogP contribution >= 0.6 is 11.6 Å². The first-order chi connectivity index (χ1) is 10.1. The molecule has 0 bridgehead atoms. The molecule has 0 saturated heterocycles. The normalized spacial score (nSPS) is 10.4. The lowest BCUT2D eigenvalue weighted by Gasteiger charge is -2.13. The lowest BCUT2D eigenvalue weighted by Crippen LogP contribution is -2.18. The van der Waals surface area contributed by atoms with Crippen LogP contribution in [0.3, 0.4) is 0 Å². The van der Waals surface area contributed by atoms with Gasteiger partial charge in [0.1, 0.15) is 12.4 Å². The minimum absolute atomic E-state index is 0.0112. The Morgan fingerprint density at radius 2 is 1.95 bits per heavy atom. The van der Waals surface area contributed by atoms with Crippen molar-refractivity contribution in [2.75, 3.05) is 13.6 Å². The number of nitrogens with one attached hydrogen (secondary N) is 1. The lowest BCUT2D eigenvalue weighted by molar-refractivity contribution is 0.0993.